The molecule has 0 aliphatic carbocycles. The Hall–Kier alpha value is -1.54. The standard InChI is InChI=1S/C14H19N3O3S2/c1-3-4-14-15-11(8-21-14)9-22(19)6-5-13(18)16-12-7-10(2)20-17-12/h7-8H,3-6,9H2,1-2H3,(H,16,17,18). The molecule has 2 heterocycles. The van der Waals surface area contributed by atoms with E-state index in [4.69, 9.17) is 4.52 Å². The first-order valence-electron chi connectivity index (χ1n) is 7.08. The summed E-state index contributed by atoms with van der Waals surface area (Å²) in [5.74, 6) is 1.51. The molecule has 0 aromatic carbocycles. The molecule has 8 heteroatoms. The zero-order chi connectivity index (χ0) is 15.9. The normalized spacial score (nSPS) is 12.3. The zero-order valence-corrected chi connectivity index (χ0v) is 14.3. The summed E-state index contributed by atoms with van der Waals surface area (Å²) < 4.78 is 16.9. The number of carbonyl (C=O) groups excluding carboxylic acids is 1. The third-order valence-corrected chi connectivity index (χ3v) is 5.06. The van der Waals surface area contributed by atoms with Gasteiger partial charge in [0.1, 0.15) is 5.76 Å². The molecule has 0 fully saturated rings. The molecule has 2 aromatic heterocycles. The molecule has 1 atom stereocenters. The van der Waals surface area contributed by atoms with Crippen molar-refractivity contribution in [2.45, 2.75) is 38.9 Å². The topological polar surface area (TPSA) is 85.1 Å². The lowest BCUT2D eigenvalue weighted by molar-refractivity contribution is -0.115. The van der Waals surface area contributed by atoms with Crippen molar-refractivity contribution < 1.29 is 13.5 Å². The van der Waals surface area contributed by atoms with Gasteiger partial charge in [0.25, 0.3) is 0 Å². The Kier molecular flexibility index (Phi) is 6.26. The van der Waals surface area contributed by atoms with Gasteiger partial charge in [-0.2, -0.15) is 0 Å². The highest BCUT2D eigenvalue weighted by Crippen LogP contribution is 2.13. The fourth-order valence-electron chi connectivity index (χ4n) is 1.82. The van der Waals surface area contributed by atoms with Gasteiger partial charge in [-0.3, -0.25) is 9.00 Å². The maximum atomic E-state index is 12.0. The van der Waals surface area contributed by atoms with Crippen LogP contribution in [0.25, 0.3) is 0 Å². The van der Waals surface area contributed by atoms with Crippen molar-refractivity contribution >= 4 is 33.9 Å². The summed E-state index contributed by atoms with van der Waals surface area (Å²) in [6.07, 6.45) is 2.19. The van der Waals surface area contributed by atoms with Crippen molar-refractivity contribution in [3.63, 3.8) is 0 Å². The number of rotatable bonds is 8. The van der Waals surface area contributed by atoms with Crippen LogP contribution < -0.4 is 5.32 Å². The lowest BCUT2D eigenvalue weighted by atomic mass is 10.3. The summed E-state index contributed by atoms with van der Waals surface area (Å²) in [5, 5.41) is 9.31. The van der Waals surface area contributed by atoms with Gasteiger partial charge in [-0.1, -0.05) is 12.1 Å². The minimum absolute atomic E-state index is 0.185. The van der Waals surface area contributed by atoms with Crippen LogP contribution in [0.2, 0.25) is 0 Å². The summed E-state index contributed by atoms with van der Waals surface area (Å²) in [4.78, 5) is 16.2. The van der Waals surface area contributed by atoms with E-state index < -0.39 is 10.8 Å². The maximum absolute atomic E-state index is 12.0. The van der Waals surface area contributed by atoms with Gasteiger partial charge in [0.05, 0.1) is 16.5 Å². The lowest BCUT2D eigenvalue weighted by Gasteiger charge is -2.01. The lowest BCUT2D eigenvalue weighted by Crippen LogP contribution is -2.15. The smallest absolute Gasteiger partial charge is 0.226 e. The van der Waals surface area contributed by atoms with Gasteiger partial charge in [-0.05, 0) is 19.8 Å². The highest BCUT2D eigenvalue weighted by Gasteiger charge is 2.10. The van der Waals surface area contributed by atoms with Crippen LogP contribution in [-0.2, 0) is 27.8 Å². The van der Waals surface area contributed by atoms with Crippen LogP contribution in [0.5, 0.6) is 0 Å². The number of thiazole rings is 1. The second-order valence-corrected chi connectivity index (χ2v) is 7.41. The third kappa shape index (κ3) is 5.34. The highest BCUT2D eigenvalue weighted by atomic mass is 32.2. The van der Waals surface area contributed by atoms with Crippen LogP contribution >= 0.6 is 11.3 Å². The van der Waals surface area contributed by atoms with Crippen LogP contribution in [0, 0.1) is 6.92 Å². The predicted octanol–water partition coefficient (Wildman–Crippen LogP) is 2.67. The monoisotopic (exact) mass is 341 g/mol. The Morgan fingerprint density at radius 2 is 2.32 bits per heavy atom. The van der Waals surface area contributed by atoms with Crippen molar-refractivity contribution in [1.82, 2.24) is 10.1 Å². The van der Waals surface area contributed by atoms with E-state index in [2.05, 4.69) is 22.4 Å². The van der Waals surface area contributed by atoms with Gasteiger partial charge < -0.3 is 9.84 Å². The number of nitrogens with one attached hydrogen (secondary N) is 1. The van der Waals surface area contributed by atoms with Gasteiger partial charge >= 0.3 is 0 Å². The Bertz CT molecular complexity index is 651. The first kappa shape index (κ1) is 16.8. The molecule has 1 unspecified atom stereocenters. The van der Waals surface area contributed by atoms with Gasteiger partial charge in [0, 0.05) is 34.4 Å². The zero-order valence-electron chi connectivity index (χ0n) is 12.6. The predicted molar refractivity (Wildman–Crippen MR) is 87.3 cm³/mol. The second-order valence-electron chi connectivity index (χ2n) is 4.89. The van der Waals surface area contributed by atoms with Crippen LogP contribution in [-0.4, -0.2) is 26.0 Å². The molecule has 0 spiro atoms. The summed E-state index contributed by atoms with van der Waals surface area (Å²) in [7, 11) is -1.10. The SMILES string of the molecule is CCCc1nc(CS(=O)CCC(=O)Nc2cc(C)on2)cs1. The van der Waals surface area contributed by atoms with E-state index >= 15 is 0 Å². The fraction of sp³-hybridized carbons (Fsp3) is 0.500. The number of carbonyl (C=O) groups is 1. The van der Waals surface area contributed by atoms with Gasteiger partial charge in [-0.25, -0.2) is 4.98 Å². The van der Waals surface area contributed by atoms with Gasteiger partial charge in [0.2, 0.25) is 5.91 Å². The van der Waals surface area contributed by atoms with E-state index in [0.717, 1.165) is 23.5 Å². The van der Waals surface area contributed by atoms with E-state index in [1.165, 1.54) is 0 Å². The highest BCUT2D eigenvalue weighted by molar-refractivity contribution is 7.84. The number of nitrogens with zero attached hydrogens (tertiary/aromatic N) is 2. The molecule has 1 amide bonds. The minimum atomic E-state index is -1.10. The molecule has 0 aliphatic rings. The Balaban J connectivity index is 1.73. The summed E-state index contributed by atoms with van der Waals surface area (Å²) in [6.45, 7) is 3.85. The Morgan fingerprint density at radius 3 is 3.00 bits per heavy atom. The van der Waals surface area contributed by atoms with Gasteiger partial charge in [0.15, 0.2) is 5.82 Å². The minimum Gasteiger partial charge on any atom is -0.360 e. The molecule has 120 valence electrons. The van der Waals surface area contributed by atoms with Crippen LogP contribution in [0.1, 0.15) is 36.2 Å². The number of amides is 1. The number of hydrogen-bond acceptors (Lipinski definition) is 6. The average Bonchev–Trinajstić information content (AvgIpc) is 3.06. The van der Waals surface area contributed by atoms with E-state index in [9.17, 15) is 9.00 Å². The number of hydrogen-bond donors (Lipinski definition) is 1. The first-order chi connectivity index (χ1) is 10.6. The largest absolute Gasteiger partial charge is 0.360 e. The fourth-order valence-corrected chi connectivity index (χ4v) is 3.86. The quantitative estimate of drug-likeness (QED) is 0.798. The molecule has 2 aromatic rings. The van der Waals surface area contributed by atoms with E-state index in [-0.39, 0.29) is 12.3 Å². The average molecular weight is 341 g/mol. The molecule has 6 nitrogen and oxygen atoms in total. The molecule has 2 rings (SSSR count). The molecule has 0 radical (unpaired) electrons. The molecule has 0 saturated heterocycles. The maximum Gasteiger partial charge on any atom is 0.226 e. The van der Waals surface area contributed by atoms with Crippen molar-refractivity contribution in [1.29, 1.82) is 0 Å². The number of aromatic nitrogens is 2. The Labute approximate surface area is 135 Å². The van der Waals surface area contributed by atoms with E-state index in [1.54, 1.807) is 24.3 Å². The molecule has 22 heavy (non-hydrogen) atoms. The van der Waals surface area contributed by atoms with E-state index in [0.29, 0.717) is 23.1 Å². The van der Waals surface area contributed by atoms with Crippen molar-refractivity contribution in [2.75, 3.05) is 11.1 Å². The molecule has 0 saturated carbocycles. The summed E-state index contributed by atoms with van der Waals surface area (Å²) >= 11 is 1.60. The summed E-state index contributed by atoms with van der Waals surface area (Å²) in [5.41, 5.74) is 0.847. The molecule has 1 N–H and O–H groups in total. The van der Waals surface area contributed by atoms with Crippen LogP contribution in [0.15, 0.2) is 16.0 Å². The van der Waals surface area contributed by atoms with Crippen LogP contribution in [0.4, 0.5) is 5.82 Å². The molecule has 0 aliphatic heterocycles. The van der Waals surface area contributed by atoms with Crippen molar-refractivity contribution in [2.24, 2.45) is 0 Å². The first-order valence-corrected chi connectivity index (χ1v) is 9.45. The molecular formula is C14H19N3O3S2. The Morgan fingerprint density at radius 1 is 1.50 bits per heavy atom. The summed E-state index contributed by atoms with van der Waals surface area (Å²) in [6, 6.07) is 1.64. The molecule has 0 bridgehead atoms. The molecular weight excluding hydrogens is 322 g/mol. The van der Waals surface area contributed by atoms with Gasteiger partial charge in [-0.15, -0.1) is 11.3 Å². The number of aryl methyl sites for hydroxylation is 2. The number of anilines is 1. The van der Waals surface area contributed by atoms with Crippen LogP contribution in [0.3, 0.4) is 0 Å². The van der Waals surface area contributed by atoms with Crippen molar-refractivity contribution in [3.8, 4) is 0 Å². The third-order valence-electron chi connectivity index (χ3n) is 2.82. The second kappa shape index (κ2) is 8.19. The van der Waals surface area contributed by atoms with E-state index in [1.807, 2.05) is 5.38 Å². The van der Waals surface area contributed by atoms with Crippen molar-refractivity contribution in [3.05, 3.63) is 27.9 Å².